The van der Waals surface area contributed by atoms with Crippen LogP contribution < -0.4 is 10.6 Å². The van der Waals surface area contributed by atoms with Gasteiger partial charge in [0.15, 0.2) is 0 Å². The van der Waals surface area contributed by atoms with E-state index >= 15 is 0 Å². The van der Waals surface area contributed by atoms with Crippen molar-refractivity contribution in [2.45, 2.75) is 93.7 Å². The predicted octanol–water partition coefficient (Wildman–Crippen LogP) is 7.70. The van der Waals surface area contributed by atoms with Gasteiger partial charge in [0, 0.05) is 12.1 Å². The zero-order chi connectivity index (χ0) is 23.9. The van der Waals surface area contributed by atoms with E-state index in [0.717, 1.165) is 32.4 Å². The largest absolute Gasteiger partial charge is 0.310 e. The number of rotatable bonds is 11. The van der Waals surface area contributed by atoms with E-state index in [-0.39, 0.29) is 5.41 Å². The molecule has 2 rings (SSSR count). The molecule has 0 aliphatic rings. The molecule has 0 saturated carbocycles. The van der Waals surface area contributed by atoms with E-state index in [1.54, 1.807) is 0 Å². The van der Waals surface area contributed by atoms with Crippen LogP contribution in [-0.4, -0.2) is 13.1 Å². The van der Waals surface area contributed by atoms with Crippen LogP contribution in [0, 0.1) is 24.7 Å². The van der Waals surface area contributed by atoms with Crippen molar-refractivity contribution in [2.24, 2.45) is 10.8 Å². The third-order valence-electron chi connectivity index (χ3n) is 6.39. The summed E-state index contributed by atoms with van der Waals surface area (Å²) in [4.78, 5) is 0. The number of benzene rings is 2. The minimum Gasteiger partial charge on any atom is -0.310 e. The molecule has 32 heavy (non-hydrogen) atoms. The summed E-state index contributed by atoms with van der Waals surface area (Å²) >= 11 is 0. The molecule has 2 N–H and O–H groups in total. The predicted molar refractivity (Wildman–Crippen MR) is 141 cm³/mol. The first-order valence-corrected chi connectivity index (χ1v) is 12.6. The molecule has 0 radical (unpaired) electrons. The maximum Gasteiger partial charge on any atom is 0.0325 e. The molecule has 2 aromatic carbocycles. The molecule has 2 unspecified atom stereocenters. The van der Waals surface area contributed by atoms with Crippen LogP contribution in [0.25, 0.3) is 0 Å². The van der Waals surface area contributed by atoms with E-state index in [4.69, 9.17) is 0 Å². The van der Waals surface area contributed by atoms with Gasteiger partial charge in [0.2, 0.25) is 0 Å². The molecule has 0 fully saturated rings. The fourth-order valence-corrected chi connectivity index (χ4v) is 4.79. The standard InChI is InChI=1S/C30H48N2/c1-10-31-27(20-29(5,6)7)25-16-17-26(23(4)18-25)19-30(8,9)21-28(32-11-2)24-14-12-22(3)13-15-24/h12-18,27-28,31-32H,10-11,19-21H2,1-9H3. The molecular weight excluding hydrogens is 388 g/mol. The van der Waals surface area contributed by atoms with Crippen LogP contribution in [0.15, 0.2) is 42.5 Å². The van der Waals surface area contributed by atoms with Crippen molar-refractivity contribution in [2.75, 3.05) is 13.1 Å². The molecule has 0 amide bonds. The van der Waals surface area contributed by atoms with Crippen molar-refractivity contribution < 1.29 is 0 Å². The van der Waals surface area contributed by atoms with Crippen LogP contribution in [-0.2, 0) is 6.42 Å². The maximum absolute atomic E-state index is 3.73. The van der Waals surface area contributed by atoms with Crippen LogP contribution in [0.1, 0.15) is 101 Å². The minimum atomic E-state index is 0.205. The lowest BCUT2D eigenvalue weighted by Crippen LogP contribution is -2.28. The fourth-order valence-electron chi connectivity index (χ4n) is 4.79. The van der Waals surface area contributed by atoms with Gasteiger partial charge in [-0.05, 0) is 79.3 Å². The van der Waals surface area contributed by atoms with E-state index in [2.05, 4.69) is 115 Å². The first-order valence-electron chi connectivity index (χ1n) is 12.6. The monoisotopic (exact) mass is 436 g/mol. The lowest BCUT2D eigenvalue weighted by molar-refractivity contribution is 0.281. The van der Waals surface area contributed by atoms with Crippen molar-refractivity contribution in [3.8, 4) is 0 Å². The molecule has 0 saturated heterocycles. The Morgan fingerprint density at radius 1 is 0.719 bits per heavy atom. The first-order chi connectivity index (χ1) is 14.9. The summed E-state index contributed by atoms with van der Waals surface area (Å²) < 4.78 is 0. The average Bonchev–Trinajstić information content (AvgIpc) is 2.68. The van der Waals surface area contributed by atoms with Crippen LogP contribution in [0.4, 0.5) is 0 Å². The van der Waals surface area contributed by atoms with Gasteiger partial charge in [0.25, 0.3) is 0 Å². The Morgan fingerprint density at radius 2 is 1.25 bits per heavy atom. The van der Waals surface area contributed by atoms with E-state index in [9.17, 15) is 0 Å². The highest BCUT2D eigenvalue weighted by molar-refractivity contribution is 5.34. The molecule has 178 valence electrons. The Bertz CT molecular complexity index is 827. The molecule has 2 nitrogen and oxygen atoms in total. The molecule has 0 heterocycles. The lowest BCUT2D eigenvalue weighted by Gasteiger charge is -2.32. The van der Waals surface area contributed by atoms with Crippen molar-refractivity contribution in [3.05, 3.63) is 70.3 Å². The minimum absolute atomic E-state index is 0.205. The van der Waals surface area contributed by atoms with Crippen LogP contribution in [0.3, 0.4) is 0 Å². The van der Waals surface area contributed by atoms with Gasteiger partial charge in [0.1, 0.15) is 0 Å². The number of aryl methyl sites for hydroxylation is 2. The van der Waals surface area contributed by atoms with E-state index < -0.39 is 0 Å². The summed E-state index contributed by atoms with van der Waals surface area (Å²) in [7, 11) is 0. The Morgan fingerprint density at radius 3 is 1.75 bits per heavy atom. The Kier molecular flexibility index (Phi) is 9.54. The zero-order valence-corrected chi connectivity index (χ0v) is 22.2. The van der Waals surface area contributed by atoms with Crippen molar-refractivity contribution in [1.29, 1.82) is 0 Å². The van der Waals surface area contributed by atoms with Crippen molar-refractivity contribution in [1.82, 2.24) is 10.6 Å². The van der Waals surface area contributed by atoms with Gasteiger partial charge < -0.3 is 10.6 Å². The molecule has 0 aliphatic heterocycles. The zero-order valence-electron chi connectivity index (χ0n) is 22.2. The second kappa shape index (κ2) is 11.5. The van der Waals surface area contributed by atoms with E-state index in [1.165, 1.54) is 27.8 Å². The van der Waals surface area contributed by atoms with Crippen LogP contribution in [0.5, 0.6) is 0 Å². The normalized spacial score (nSPS) is 14.4. The number of hydrogen-bond acceptors (Lipinski definition) is 2. The van der Waals surface area contributed by atoms with Gasteiger partial charge in [0.05, 0.1) is 0 Å². The first kappa shape index (κ1) is 26.6. The van der Waals surface area contributed by atoms with Crippen LogP contribution in [0.2, 0.25) is 0 Å². The average molecular weight is 437 g/mol. The second-order valence-electron chi connectivity index (χ2n) is 11.6. The topological polar surface area (TPSA) is 24.1 Å². The quantitative estimate of drug-likeness (QED) is 0.377. The third kappa shape index (κ3) is 8.37. The molecule has 0 aromatic heterocycles. The molecule has 0 aliphatic carbocycles. The van der Waals surface area contributed by atoms with Gasteiger partial charge in [-0.15, -0.1) is 0 Å². The Balaban J connectivity index is 2.17. The van der Waals surface area contributed by atoms with Gasteiger partial charge in [-0.25, -0.2) is 0 Å². The third-order valence-corrected chi connectivity index (χ3v) is 6.39. The second-order valence-corrected chi connectivity index (χ2v) is 11.6. The Hall–Kier alpha value is -1.64. The van der Waals surface area contributed by atoms with E-state index in [0.29, 0.717) is 17.5 Å². The van der Waals surface area contributed by atoms with E-state index in [1.807, 2.05) is 0 Å². The highest BCUT2D eigenvalue weighted by Gasteiger charge is 2.26. The molecule has 2 atom stereocenters. The maximum atomic E-state index is 3.73. The molecular formula is C30H48N2. The SMILES string of the molecule is CCNC(CC(C)(C)C)c1ccc(CC(C)(C)CC(NCC)c2ccc(C)cc2)c(C)c1. The van der Waals surface area contributed by atoms with Gasteiger partial charge in [-0.2, -0.15) is 0 Å². The number of hydrogen-bond donors (Lipinski definition) is 2. The molecule has 2 aromatic rings. The summed E-state index contributed by atoms with van der Waals surface area (Å²) in [6.07, 6.45) is 3.36. The van der Waals surface area contributed by atoms with Crippen LogP contribution >= 0.6 is 0 Å². The summed E-state index contributed by atoms with van der Waals surface area (Å²) in [5, 5.41) is 7.43. The molecule has 0 bridgehead atoms. The van der Waals surface area contributed by atoms with Gasteiger partial charge in [-0.3, -0.25) is 0 Å². The van der Waals surface area contributed by atoms with Crippen molar-refractivity contribution in [3.63, 3.8) is 0 Å². The number of nitrogens with one attached hydrogen (secondary N) is 2. The molecule has 0 spiro atoms. The van der Waals surface area contributed by atoms with Gasteiger partial charge >= 0.3 is 0 Å². The summed E-state index contributed by atoms with van der Waals surface area (Å²) in [6.45, 7) is 22.7. The summed E-state index contributed by atoms with van der Waals surface area (Å²) in [5.74, 6) is 0. The lowest BCUT2D eigenvalue weighted by atomic mass is 9.77. The molecule has 2 heteroatoms. The van der Waals surface area contributed by atoms with Crippen molar-refractivity contribution >= 4 is 0 Å². The summed E-state index contributed by atoms with van der Waals surface area (Å²) in [6, 6.07) is 17.0. The smallest absolute Gasteiger partial charge is 0.0325 e. The fraction of sp³-hybridized carbons (Fsp3) is 0.600. The summed E-state index contributed by atoms with van der Waals surface area (Å²) in [5.41, 5.74) is 7.54. The highest BCUT2D eigenvalue weighted by Crippen LogP contribution is 2.35. The van der Waals surface area contributed by atoms with Gasteiger partial charge in [-0.1, -0.05) is 96.5 Å². The Labute approximate surface area is 198 Å². The highest BCUT2D eigenvalue weighted by atomic mass is 14.9.